The molecule has 6 N–H and O–H groups in total. The fraction of sp³-hybridized carbons (Fsp3) is 0.200. The molecule has 0 atom stereocenters. The third kappa shape index (κ3) is 5.84. The van der Waals surface area contributed by atoms with Gasteiger partial charge in [-0.15, -0.1) is 0 Å². The number of aryl methyl sites for hydroxylation is 6. The Morgan fingerprint density at radius 2 is 0.639 bits per heavy atom. The Bertz CT molecular complexity index is 1180. The van der Waals surface area contributed by atoms with Crippen LogP contribution >= 0.6 is 0 Å². The normalized spacial score (nSPS) is 11.0. The van der Waals surface area contributed by atoms with Gasteiger partial charge in [0.15, 0.2) is 34.5 Å². The molecule has 0 saturated carbocycles. The highest BCUT2D eigenvalue weighted by atomic mass is 16.3. The number of hydrogen-bond donors (Lipinski definition) is 6. The predicted octanol–water partition coefficient (Wildman–Crippen LogP) is 5.28. The van der Waals surface area contributed by atoms with Gasteiger partial charge in [0.25, 0.3) is 0 Å². The minimum absolute atomic E-state index is 0.104. The lowest BCUT2D eigenvalue weighted by Gasteiger charge is -2.13. The van der Waals surface area contributed by atoms with Gasteiger partial charge in [-0.05, 0) is 90.1 Å². The van der Waals surface area contributed by atoms with Crippen LogP contribution < -0.4 is 0 Å². The van der Waals surface area contributed by atoms with Crippen LogP contribution in [0.1, 0.15) is 33.4 Å². The molecule has 0 bridgehead atoms. The van der Waals surface area contributed by atoms with E-state index < -0.39 is 0 Å². The summed E-state index contributed by atoms with van der Waals surface area (Å²) in [5.41, 5.74) is 5.17. The van der Waals surface area contributed by atoms with E-state index in [4.69, 9.17) is 0 Å². The Hall–Kier alpha value is -4.32. The van der Waals surface area contributed by atoms with Gasteiger partial charge in [0, 0.05) is 0 Å². The third-order valence-corrected chi connectivity index (χ3v) is 6.46. The Morgan fingerprint density at radius 1 is 0.361 bits per heavy atom. The van der Waals surface area contributed by atoms with Crippen LogP contribution in [0.25, 0.3) is 0 Å². The summed E-state index contributed by atoms with van der Waals surface area (Å²) in [4.78, 5) is 0. The van der Waals surface area contributed by atoms with E-state index in [0.29, 0.717) is 55.2 Å². The summed E-state index contributed by atoms with van der Waals surface area (Å²) in [6, 6.07) is 21.1. The van der Waals surface area contributed by atoms with Crippen molar-refractivity contribution in [1.29, 1.82) is 0 Å². The molecular formula is C30H30O6. The standard InChI is InChI=1S/C30H30O6/c31-25-7-1-4-22(28(25)34)13-10-19-16-20(11-14-23-5-2-8-26(32)29(23)35)18-21(17-19)12-15-24-6-3-9-27(33)30(24)36/h1-9,16-18,31-36H,10-15H2. The molecule has 0 saturated heterocycles. The van der Waals surface area contributed by atoms with E-state index in [1.165, 1.54) is 18.2 Å². The molecule has 0 aromatic heterocycles. The molecule has 0 aliphatic carbocycles. The Balaban J connectivity index is 1.56. The van der Waals surface area contributed by atoms with Crippen molar-refractivity contribution in [2.24, 2.45) is 0 Å². The fourth-order valence-corrected chi connectivity index (χ4v) is 4.45. The van der Waals surface area contributed by atoms with Crippen molar-refractivity contribution in [2.75, 3.05) is 0 Å². The molecule has 4 rings (SSSR count). The van der Waals surface area contributed by atoms with Gasteiger partial charge >= 0.3 is 0 Å². The third-order valence-electron chi connectivity index (χ3n) is 6.46. The number of rotatable bonds is 9. The molecule has 0 amide bonds. The van der Waals surface area contributed by atoms with E-state index in [2.05, 4.69) is 18.2 Å². The molecule has 186 valence electrons. The highest BCUT2D eigenvalue weighted by molar-refractivity contribution is 5.47. The molecular weight excluding hydrogens is 456 g/mol. The van der Waals surface area contributed by atoms with Gasteiger partial charge in [-0.1, -0.05) is 54.6 Å². The lowest BCUT2D eigenvalue weighted by molar-refractivity contribution is 0.399. The van der Waals surface area contributed by atoms with E-state index in [-0.39, 0.29) is 34.5 Å². The van der Waals surface area contributed by atoms with Crippen molar-refractivity contribution >= 4 is 0 Å². The lowest BCUT2D eigenvalue weighted by Crippen LogP contribution is -2.00. The zero-order valence-electron chi connectivity index (χ0n) is 19.9. The van der Waals surface area contributed by atoms with Gasteiger partial charge in [-0.2, -0.15) is 0 Å². The number of benzene rings is 4. The maximum absolute atomic E-state index is 10.2. The smallest absolute Gasteiger partial charge is 0.160 e. The predicted molar refractivity (Wildman–Crippen MR) is 138 cm³/mol. The second-order valence-corrected chi connectivity index (χ2v) is 9.01. The lowest BCUT2D eigenvalue weighted by atomic mass is 9.94. The van der Waals surface area contributed by atoms with Gasteiger partial charge in [-0.25, -0.2) is 0 Å². The highest BCUT2D eigenvalue weighted by Gasteiger charge is 2.11. The first-order valence-electron chi connectivity index (χ1n) is 11.9. The summed E-state index contributed by atoms with van der Waals surface area (Å²) in [5, 5.41) is 59.9. The quantitative estimate of drug-likeness (QED) is 0.179. The van der Waals surface area contributed by atoms with Crippen molar-refractivity contribution in [3.05, 3.63) is 106 Å². The number of para-hydroxylation sites is 3. The Kier molecular flexibility index (Phi) is 7.54. The molecule has 4 aromatic carbocycles. The molecule has 4 aromatic rings. The fourth-order valence-electron chi connectivity index (χ4n) is 4.45. The van der Waals surface area contributed by atoms with E-state index in [9.17, 15) is 30.6 Å². The summed E-state index contributed by atoms with van der Waals surface area (Å²) < 4.78 is 0. The van der Waals surface area contributed by atoms with E-state index in [0.717, 1.165) is 16.7 Å². The Morgan fingerprint density at radius 3 is 0.917 bits per heavy atom. The maximum Gasteiger partial charge on any atom is 0.160 e. The molecule has 0 unspecified atom stereocenters. The molecule has 0 heterocycles. The average Bonchev–Trinajstić information content (AvgIpc) is 2.87. The van der Waals surface area contributed by atoms with E-state index >= 15 is 0 Å². The van der Waals surface area contributed by atoms with E-state index in [1.54, 1.807) is 36.4 Å². The van der Waals surface area contributed by atoms with Gasteiger partial charge in [0.2, 0.25) is 0 Å². The molecule has 0 fully saturated rings. The first-order chi connectivity index (χ1) is 17.3. The molecule has 0 aliphatic rings. The highest BCUT2D eigenvalue weighted by Crippen LogP contribution is 2.32. The van der Waals surface area contributed by atoms with Crippen LogP contribution in [0.3, 0.4) is 0 Å². The zero-order chi connectivity index (χ0) is 25.7. The van der Waals surface area contributed by atoms with Gasteiger partial charge in [-0.3, -0.25) is 0 Å². The first-order valence-corrected chi connectivity index (χ1v) is 11.9. The minimum Gasteiger partial charge on any atom is -0.504 e. The number of phenols is 6. The monoisotopic (exact) mass is 486 g/mol. The molecule has 36 heavy (non-hydrogen) atoms. The molecule has 0 radical (unpaired) electrons. The number of phenolic OH excluding ortho intramolecular Hbond substituents is 6. The van der Waals surface area contributed by atoms with Crippen LogP contribution in [0.2, 0.25) is 0 Å². The van der Waals surface area contributed by atoms with Crippen molar-refractivity contribution < 1.29 is 30.6 Å². The van der Waals surface area contributed by atoms with Crippen LogP contribution in [-0.4, -0.2) is 30.6 Å². The largest absolute Gasteiger partial charge is 0.504 e. The van der Waals surface area contributed by atoms with Gasteiger partial charge in [0.05, 0.1) is 0 Å². The van der Waals surface area contributed by atoms with Gasteiger partial charge < -0.3 is 30.6 Å². The van der Waals surface area contributed by atoms with Gasteiger partial charge in [0.1, 0.15) is 0 Å². The summed E-state index contributed by atoms with van der Waals surface area (Å²) >= 11 is 0. The summed E-state index contributed by atoms with van der Waals surface area (Å²) in [6.45, 7) is 0. The van der Waals surface area contributed by atoms with Crippen molar-refractivity contribution in [3.63, 3.8) is 0 Å². The summed E-state index contributed by atoms with van der Waals surface area (Å²) in [6.07, 6.45) is 3.57. The van der Waals surface area contributed by atoms with Crippen LogP contribution in [0.5, 0.6) is 34.5 Å². The number of hydrogen-bond acceptors (Lipinski definition) is 6. The van der Waals surface area contributed by atoms with Crippen molar-refractivity contribution in [3.8, 4) is 34.5 Å². The van der Waals surface area contributed by atoms with Crippen LogP contribution in [-0.2, 0) is 38.5 Å². The average molecular weight is 487 g/mol. The van der Waals surface area contributed by atoms with Crippen LogP contribution in [0.15, 0.2) is 72.8 Å². The van der Waals surface area contributed by atoms with Crippen LogP contribution in [0.4, 0.5) is 0 Å². The molecule has 0 aliphatic heterocycles. The maximum atomic E-state index is 10.2. The summed E-state index contributed by atoms with van der Waals surface area (Å²) in [5.74, 6) is -0.732. The first kappa shape index (κ1) is 24.8. The van der Waals surface area contributed by atoms with Crippen molar-refractivity contribution in [2.45, 2.75) is 38.5 Å². The van der Waals surface area contributed by atoms with Crippen LogP contribution in [0, 0.1) is 0 Å². The summed E-state index contributed by atoms with van der Waals surface area (Å²) in [7, 11) is 0. The second-order valence-electron chi connectivity index (χ2n) is 9.01. The molecule has 6 nitrogen and oxygen atoms in total. The minimum atomic E-state index is -0.140. The zero-order valence-corrected chi connectivity index (χ0v) is 19.9. The second kappa shape index (κ2) is 11.0. The SMILES string of the molecule is Oc1cccc(CCc2cc(CCc3cccc(O)c3O)cc(CCc3cccc(O)c3O)c2)c1O. The molecule has 0 spiro atoms. The molecule has 6 heteroatoms. The van der Waals surface area contributed by atoms with E-state index in [1.807, 2.05) is 0 Å². The Labute approximate surface area is 210 Å². The topological polar surface area (TPSA) is 121 Å². The number of aromatic hydroxyl groups is 6. The van der Waals surface area contributed by atoms with Crippen molar-refractivity contribution in [1.82, 2.24) is 0 Å².